The summed E-state index contributed by atoms with van der Waals surface area (Å²) in [6.45, 7) is 6.36. The summed E-state index contributed by atoms with van der Waals surface area (Å²) in [6.07, 6.45) is 1.53. The molecule has 0 bridgehead atoms. The highest BCUT2D eigenvalue weighted by atomic mass is 16.1. The number of hydrogen-bond donors (Lipinski definition) is 2. The molecule has 0 aromatic carbocycles. The zero-order valence-corrected chi connectivity index (χ0v) is 11.9. The third-order valence-corrected chi connectivity index (χ3v) is 3.86. The zero-order valence-electron chi connectivity index (χ0n) is 11.9. The van der Waals surface area contributed by atoms with Crippen molar-refractivity contribution >= 4 is 22.5 Å². The Hall–Kier alpha value is -2.02. The van der Waals surface area contributed by atoms with Gasteiger partial charge in [-0.1, -0.05) is 0 Å². The Morgan fingerprint density at radius 2 is 2.10 bits per heavy atom. The Kier molecular flexibility index (Phi) is 3.13. The first-order chi connectivity index (χ1) is 9.65. The lowest BCUT2D eigenvalue weighted by Gasteiger charge is -2.30. The average molecular weight is 276 g/mol. The minimum absolute atomic E-state index is 0.0510. The second-order valence-electron chi connectivity index (χ2n) is 5.08. The van der Waals surface area contributed by atoms with Gasteiger partial charge >= 0.3 is 0 Å². The second kappa shape index (κ2) is 4.82. The second-order valence-corrected chi connectivity index (χ2v) is 5.08. The van der Waals surface area contributed by atoms with Gasteiger partial charge in [0.25, 0.3) is 5.56 Å². The summed E-state index contributed by atoms with van der Waals surface area (Å²) < 4.78 is 3.49. The van der Waals surface area contributed by atoms with Crippen LogP contribution in [-0.4, -0.2) is 40.3 Å². The molecule has 1 aliphatic heterocycles. The number of anilines is 2. The summed E-state index contributed by atoms with van der Waals surface area (Å²) >= 11 is 0. The predicted octanol–water partition coefficient (Wildman–Crippen LogP) is -0.253. The Labute approximate surface area is 117 Å². The highest BCUT2D eigenvalue weighted by molar-refractivity contribution is 5.96. The average Bonchev–Trinajstić information content (AvgIpc) is 2.77. The standard InChI is InChI=1S/C13H20N6O/c1-3-19-11-10(16-8-17(2)13(11)20)9(14)12(19)18-6-4-15-5-7-18/h8,15H,3-7,14H2,1-2H3. The SMILES string of the molecule is CCn1c(N2CCNCC2)c(N)c2ncn(C)c(=O)c21. The molecule has 1 aliphatic rings. The van der Waals surface area contributed by atoms with Crippen LogP contribution in [0.3, 0.4) is 0 Å². The van der Waals surface area contributed by atoms with Gasteiger partial charge in [0.2, 0.25) is 0 Å². The van der Waals surface area contributed by atoms with E-state index in [2.05, 4.69) is 15.2 Å². The van der Waals surface area contributed by atoms with Gasteiger partial charge in [0.05, 0.1) is 6.33 Å². The molecule has 7 heteroatoms. The first kappa shape index (κ1) is 13.0. The lowest BCUT2D eigenvalue weighted by molar-refractivity contribution is 0.575. The summed E-state index contributed by atoms with van der Waals surface area (Å²) in [5, 5.41) is 3.32. The maximum Gasteiger partial charge on any atom is 0.277 e. The van der Waals surface area contributed by atoms with Crippen LogP contribution in [-0.2, 0) is 13.6 Å². The van der Waals surface area contributed by atoms with Crippen LogP contribution >= 0.6 is 0 Å². The quantitative estimate of drug-likeness (QED) is 0.790. The van der Waals surface area contributed by atoms with Crippen molar-refractivity contribution in [2.45, 2.75) is 13.5 Å². The molecule has 7 nitrogen and oxygen atoms in total. The molecule has 0 spiro atoms. The van der Waals surface area contributed by atoms with Crippen LogP contribution < -0.4 is 21.5 Å². The van der Waals surface area contributed by atoms with Crippen molar-refractivity contribution in [3.8, 4) is 0 Å². The van der Waals surface area contributed by atoms with E-state index in [1.54, 1.807) is 7.05 Å². The summed E-state index contributed by atoms with van der Waals surface area (Å²) in [7, 11) is 1.71. The van der Waals surface area contributed by atoms with E-state index in [-0.39, 0.29) is 5.56 Å². The van der Waals surface area contributed by atoms with Crippen LogP contribution in [0, 0.1) is 0 Å². The van der Waals surface area contributed by atoms with Gasteiger partial charge in [-0.3, -0.25) is 4.79 Å². The molecule has 2 aromatic rings. The smallest absolute Gasteiger partial charge is 0.277 e. The number of nitrogens with one attached hydrogen (secondary N) is 1. The molecule has 1 fully saturated rings. The monoisotopic (exact) mass is 276 g/mol. The zero-order chi connectivity index (χ0) is 14.3. The summed E-state index contributed by atoms with van der Waals surface area (Å²) in [4.78, 5) is 18.9. The fraction of sp³-hybridized carbons (Fsp3) is 0.538. The lowest BCUT2D eigenvalue weighted by atomic mass is 10.3. The first-order valence-electron chi connectivity index (χ1n) is 6.94. The summed E-state index contributed by atoms with van der Waals surface area (Å²) in [5.41, 5.74) is 8.05. The van der Waals surface area contributed by atoms with Gasteiger partial charge in [0.15, 0.2) is 0 Å². The Morgan fingerprint density at radius 1 is 1.40 bits per heavy atom. The van der Waals surface area contributed by atoms with Crippen LogP contribution in [0.15, 0.2) is 11.1 Å². The molecule has 1 saturated heterocycles. The van der Waals surface area contributed by atoms with Crippen molar-refractivity contribution in [3.05, 3.63) is 16.7 Å². The van der Waals surface area contributed by atoms with Gasteiger partial charge in [0, 0.05) is 39.8 Å². The molecule has 3 N–H and O–H groups in total. The number of nitrogens with zero attached hydrogens (tertiary/aromatic N) is 4. The van der Waals surface area contributed by atoms with Crippen molar-refractivity contribution < 1.29 is 0 Å². The number of rotatable bonds is 2. The van der Waals surface area contributed by atoms with Crippen LogP contribution in [0.2, 0.25) is 0 Å². The largest absolute Gasteiger partial charge is 0.394 e. The molecule has 108 valence electrons. The maximum absolute atomic E-state index is 12.4. The van der Waals surface area contributed by atoms with Crippen molar-refractivity contribution in [1.29, 1.82) is 0 Å². The molecule has 0 saturated carbocycles. The number of aryl methyl sites for hydroxylation is 2. The van der Waals surface area contributed by atoms with E-state index in [0.29, 0.717) is 23.3 Å². The fourth-order valence-electron chi connectivity index (χ4n) is 2.85. The number of piperazine rings is 1. The normalized spacial score (nSPS) is 16.0. The van der Waals surface area contributed by atoms with Crippen molar-refractivity contribution in [2.24, 2.45) is 7.05 Å². The van der Waals surface area contributed by atoms with Crippen LogP contribution in [0.1, 0.15) is 6.92 Å². The number of nitrogen functional groups attached to an aromatic ring is 1. The molecule has 0 radical (unpaired) electrons. The van der Waals surface area contributed by atoms with Crippen molar-refractivity contribution in [2.75, 3.05) is 36.8 Å². The van der Waals surface area contributed by atoms with E-state index >= 15 is 0 Å². The highest BCUT2D eigenvalue weighted by Gasteiger charge is 2.23. The minimum Gasteiger partial charge on any atom is -0.394 e. The number of hydrogen-bond acceptors (Lipinski definition) is 5. The van der Waals surface area contributed by atoms with Crippen LogP contribution in [0.4, 0.5) is 11.5 Å². The van der Waals surface area contributed by atoms with E-state index in [4.69, 9.17) is 5.73 Å². The Bertz CT molecular complexity index is 695. The number of fused-ring (bicyclic) bond motifs is 1. The summed E-state index contributed by atoms with van der Waals surface area (Å²) in [6, 6.07) is 0. The summed E-state index contributed by atoms with van der Waals surface area (Å²) in [5.74, 6) is 0.930. The molecular weight excluding hydrogens is 256 g/mol. The van der Waals surface area contributed by atoms with Crippen molar-refractivity contribution in [1.82, 2.24) is 19.4 Å². The Balaban J connectivity index is 2.28. The third kappa shape index (κ3) is 1.77. The maximum atomic E-state index is 12.4. The van der Waals surface area contributed by atoms with Gasteiger partial charge in [-0.05, 0) is 6.92 Å². The van der Waals surface area contributed by atoms with Gasteiger partial charge in [-0.15, -0.1) is 0 Å². The van der Waals surface area contributed by atoms with Gasteiger partial charge in [-0.25, -0.2) is 4.98 Å². The van der Waals surface area contributed by atoms with E-state index in [1.807, 2.05) is 11.5 Å². The molecule has 3 rings (SSSR count). The topological polar surface area (TPSA) is 81.1 Å². The van der Waals surface area contributed by atoms with E-state index in [0.717, 1.165) is 32.0 Å². The first-order valence-corrected chi connectivity index (χ1v) is 6.94. The number of nitrogens with two attached hydrogens (primary N) is 1. The highest BCUT2D eigenvalue weighted by Crippen LogP contribution is 2.32. The van der Waals surface area contributed by atoms with E-state index in [1.165, 1.54) is 10.9 Å². The van der Waals surface area contributed by atoms with Crippen LogP contribution in [0.25, 0.3) is 11.0 Å². The van der Waals surface area contributed by atoms with Crippen LogP contribution in [0.5, 0.6) is 0 Å². The van der Waals surface area contributed by atoms with E-state index < -0.39 is 0 Å². The molecule has 0 unspecified atom stereocenters. The molecule has 2 aromatic heterocycles. The lowest BCUT2D eigenvalue weighted by Crippen LogP contribution is -2.44. The third-order valence-electron chi connectivity index (χ3n) is 3.86. The molecule has 0 atom stereocenters. The van der Waals surface area contributed by atoms with Crippen molar-refractivity contribution in [3.63, 3.8) is 0 Å². The molecule has 20 heavy (non-hydrogen) atoms. The molecular formula is C13H20N6O. The Morgan fingerprint density at radius 3 is 2.75 bits per heavy atom. The fourth-order valence-corrected chi connectivity index (χ4v) is 2.85. The molecule has 3 heterocycles. The van der Waals surface area contributed by atoms with Gasteiger partial charge in [-0.2, -0.15) is 0 Å². The van der Waals surface area contributed by atoms with E-state index in [9.17, 15) is 4.79 Å². The van der Waals surface area contributed by atoms with Gasteiger partial charge < -0.3 is 25.1 Å². The molecule has 0 aliphatic carbocycles. The van der Waals surface area contributed by atoms with Gasteiger partial charge in [0.1, 0.15) is 22.5 Å². The minimum atomic E-state index is -0.0510. The molecule has 0 amide bonds. The predicted molar refractivity (Wildman–Crippen MR) is 80.1 cm³/mol. The number of aromatic nitrogens is 3.